The third kappa shape index (κ3) is 6.21. The van der Waals surface area contributed by atoms with Gasteiger partial charge in [-0.3, -0.25) is 9.52 Å². The Morgan fingerprint density at radius 2 is 1.71 bits per heavy atom. The molecule has 168 valence electrons. The maximum absolute atomic E-state index is 11.9. The summed E-state index contributed by atoms with van der Waals surface area (Å²) in [6.45, 7) is 0.489. The fourth-order valence-electron chi connectivity index (χ4n) is 4.17. The van der Waals surface area contributed by atoms with Crippen LogP contribution in [0.15, 0.2) is 42.5 Å². The lowest BCUT2D eigenvalue weighted by molar-refractivity contribution is -0.121. The van der Waals surface area contributed by atoms with Crippen molar-refractivity contribution in [2.24, 2.45) is 0 Å². The summed E-state index contributed by atoms with van der Waals surface area (Å²) < 4.78 is 30.8. The number of sulfonamides is 1. The van der Waals surface area contributed by atoms with Gasteiger partial charge in [-0.1, -0.05) is 18.2 Å². The van der Waals surface area contributed by atoms with Crippen LogP contribution in [0.2, 0.25) is 0 Å². The third-order valence-electron chi connectivity index (χ3n) is 5.86. The van der Waals surface area contributed by atoms with Gasteiger partial charge in [0.05, 0.1) is 13.4 Å². The minimum absolute atomic E-state index is 0.233. The minimum Gasteiger partial charge on any atom is -0.496 e. The number of methoxy groups -OCH3 is 1. The smallest absolute Gasteiger partial charge is 0.229 e. The number of ether oxygens (including phenoxy) is 1. The summed E-state index contributed by atoms with van der Waals surface area (Å²) in [6.07, 6.45) is 6.18. The van der Waals surface area contributed by atoms with Crippen molar-refractivity contribution >= 4 is 22.1 Å². The molecule has 0 bridgehead atoms. The Morgan fingerprint density at radius 1 is 1.06 bits per heavy atom. The van der Waals surface area contributed by atoms with Crippen LogP contribution in [-0.4, -0.2) is 52.2 Å². The average Bonchev–Trinajstić information content (AvgIpc) is 2.77. The van der Waals surface area contributed by atoms with Gasteiger partial charge >= 0.3 is 0 Å². The van der Waals surface area contributed by atoms with Crippen LogP contribution in [0, 0.1) is 0 Å². The number of carbonyl (C=O) groups is 1. The topological polar surface area (TPSA) is 87.7 Å². The van der Waals surface area contributed by atoms with Gasteiger partial charge in [-0.25, -0.2) is 8.42 Å². The van der Waals surface area contributed by atoms with E-state index in [0.29, 0.717) is 18.3 Å². The van der Waals surface area contributed by atoms with Crippen molar-refractivity contribution in [3.63, 3.8) is 0 Å². The van der Waals surface area contributed by atoms with Crippen molar-refractivity contribution in [1.29, 1.82) is 0 Å². The number of hydrogen-bond acceptors (Lipinski definition) is 5. The van der Waals surface area contributed by atoms with Crippen molar-refractivity contribution in [3.05, 3.63) is 48.0 Å². The highest BCUT2D eigenvalue weighted by Crippen LogP contribution is 2.30. The molecule has 31 heavy (non-hydrogen) atoms. The SMILES string of the molecule is CNC1CCC(N(C=O)Cc2cc(-c3ccc(NS(C)(=O)=O)cc3)ccc2OC)CC1. The Kier molecular flexibility index (Phi) is 7.56. The number of amides is 1. The first-order chi connectivity index (χ1) is 14.8. The standard InChI is InChI=1S/C23H31N3O4S/c1-24-20-9-11-22(12-10-20)26(16-27)15-19-14-18(6-13-23(19)30-2)17-4-7-21(8-5-17)25-31(3,28)29/h4-8,13-14,16,20,22,24-25H,9-12,15H2,1-3H3. The molecular formula is C23H31N3O4S. The van der Waals surface area contributed by atoms with E-state index in [-0.39, 0.29) is 6.04 Å². The van der Waals surface area contributed by atoms with E-state index in [4.69, 9.17) is 4.74 Å². The second kappa shape index (κ2) is 10.2. The zero-order valence-electron chi connectivity index (χ0n) is 18.3. The molecule has 1 aliphatic carbocycles. The first-order valence-electron chi connectivity index (χ1n) is 10.5. The van der Waals surface area contributed by atoms with Gasteiger partial charge in [0.1, 0.15) is 5.75 Å². The number of nitrogens with one attached hydrogen (secondary N) is 2. The van der Waals surface area contributed by atoms with Crippen LogP contribution in [0.1, 0.15) is 31.2 Å². The predicted octanol–water partition coefficient (Wildman–Crippen LogP) is 3.22. The molecule has 0 heterocycles. The monoisotopic (exact) mass is 445 g/mol. The number of nitrogens with zero attached hydrogens (tertiary/aromatic N) is 1. The maximum atomic E-state index is 11.9. The van der Waals surface area contributed by atoms with E-state index >= 15 is 0 Å². The molecule has 1 amide bonds. The third-order valence-corrected chi connectivity index (χ3v) is 6.47. The quantitative estimate of drug-likeness (QED) is 0.579. The molecule has 1 aliphatic rings. The molecule has 2 aromatic carbocycles. The lowest BCUT2D eigenvalue weighted by Gasteiger charge is -2.35. The molecule has 0 aromatic heterocycles. The van der Waals surface area contributed by atoms with Gasteiger partial charge in [0.15, 0.2) is 0 Å². The molecule has 2 aromatic rings. The van der Waals surface area contributed by atoms with Gasteiger partial charge < -0.3 is 15.0 Å². The Balaban J connectivity index is 1.79. The molecule has 7 nitrogen and oxygen atoms in total. The zero-order chi connectivity index (χ0) is 22.4. The highest BCUT2D eigenvalue weighted by Gasteiger charge is 2.25. The lowest BCUT2D eigenvalue weighted by Crippen LogP contribution is -2.40. The van der Waals surface area contributed by atoms with E-state index in [0.717, 1.165) is 60.8 Å². The highest BCUT2D eigenvalue weighted by atomic mass is 32.2. The predicted molar refractivity (Wildman–Crippen MR) is 124 cm³/mol. The first-order valence-corrected chi connectivity index (χ1v) is 12.4. The van der Waals surface area contributed by atoms with Crippen LogP contribution < -0.4 is 14.8 Å². The Morgan fingerprint density at radius 3 is 2.26 bits per heavy atom. The normalized spacial score (nSPS) is 18.9. The van der Waals surface area contributed by atoms with Gasteiger partial charge in [-0.15, -0.1) is 0 Å². The average molecular weight is 446 g/mol. The van der Waals surface area contributed by atoms with Crippen molar-refractivity contribution in [2.75, 3.05) is 25.1 Å². The zero-order valence-corrected chi connectivity index (χ0v) is 19.1. The number of carbonyl (C=O) groups excluding carboxylic acids is 1. The van der Waals surface area contributed by atoms with Crippen molar-refractivity contribution in [3.8, 4) is 16.9 Å². The molecule has 0 spiro atoms. The van der Waals surface area contributed by atoms with E-state index in [1.54, 1.807) is 19.2 Å². The largest absolute Gasteiger partial charge is 0.496 e. The van der Waals surface area contributed by atoms with Crippen LogP contribution in [0.3, 0.4) is 0 Å². The number of anilines is 1. The van der Waals surface area contributed by atoms with Crippen LogP contribution in [0.5, 0.6) is 5.75 Å². The van der Waals surface area contributed by atoms with Gasteiger partial charge in [0.2, 0.25) is 16.4 Å². The summed E-state index contributed by atoms with van der Waals surface area (Å²) in [5.41, 5.74) is 3.40. The van der Waals surface area contributed by atoms with Gasteiger partial charge in [0, 0.05) is 29.9 Å². The molecule has 8 heteroatoms. The van der Waals surface area contributed by atoms with E-state index in [9.17, 15) is 13.2 Å². The highest BCUT2D eigenvalue weighted by molar-refractivity contribution is 7.92. The van der Waals surface area contributed by atoms with E-state index in [2.05, 4.69) is 10.0 Å². The van der Waals surface area contributed by atoms with Crippen LogP contribution in [0.25, 0.3) is 11.1 Å². The van der Waals surface area contributed by atoms with Crippen molar-refractivity contribution < 1.29 is 17.9 Å². The van der Waals surface area contributed by atoms with Gasteiger partial charge in [-0.2, -0.15) is 0 Å². The summed E-state index contributed by atoms with van der Waals surface area (Å²) in [5, 5.41) is 3.33. The van der Waals surface area contributed by atoms with Crippen molar-refractivity contribution in [2.45, 2.75) is 44.3 Å². The van der Waals surface area contributed by atoms with Crippen LogP contribution in [-0.2, 0) is 21.4 Å². The summed E-state index contributed by atoms with van der Waals surface area (Å²) in [5.74, 6) is 0.745. The fourth-order valence-corrected chi connectivity index (χ4v) is 4.74. The van der Waals surface area contributed by atoms with Crippen LogP contribution in [0.4, 0.5) is 5.69 Å². The Hall–Kier alpha value is -2.58. The second-order valence-electron chi connectivity index (χ2n) is 8.05. The van der Waals surface area contributed by atoms with Crippen LogP contribution >= 0.6 is 0 Å². The van der Waals surface area contributed by atoms with Gasteiger partial charge in [-0.05, 0) is 68.1 Å². The number of rotatable bonds is 9. The summed E-state index contributed by atoms with van der Waals surface area (Å²) in [6, 6.07) is 13.9. The number of hydrogen-bond donors (Lipinski definition) is 2. The summed E-state index contributed by atoms with van der Waals surface area (Å²) >= 11 is 0. The molecular weight excluding hydrogens is 414 g/mol. The van der Waals surface area contributed by atoms with E-state index in [1.165, 1.54) is 0 Å². The Bertz CT molecular complexity index is 984. The maximum Gasteiger partial charge on any atom is 0.229 e. The minimum atomic E-state index is -3.31. The Labute approximate surface area is 184 Å². The first kappa shape index (κ1) is 23.1. The molecule has 3 rings (SSSR count). The fraction of sp³-hybridized carbons (Fsp3) is 0.435. The molecule has 2 N–H and O–H groups in total. The number of benzene rings is 2. The molecule has 0 saturated heterocycles. The molecule has 0 radical (unpaired) electrons. The molecule has 0 aliphatic heterocycles. The summed E-state index contributed by atoms with van der Waals surface area (Å²) in [4.78, 5) is 13.8. The lowest BCUT2D eigenvalue weighted by atomic mass is 9.90. The van der Waals surface area contributed by atoms with Crippen molar-refractivity contribution in [1.82, 2.24) is 10.2 Å². The summed E-state index contributed by atoms with van der Waals surface area (Å²) in [7, 11) is 0.309. The molecule has 0 unspecified atom stereocenters. The molecule has 0 atom stereocenters. The van der Waals surface area contributed by atoms with E-state index < -0.39 is 10.0 Å². The second-order valence-corrected chi connectivity index (χ2v) is 9.80. The molecule has 1 fully saturated rings. The molecule has 1 saturated carbocycles. The van der Waals surface area contributed by atoms with E-state index in [1.807, 2.05) is 42.3 Å². The van der Waals surface area contributed by atoms with Gasteiger partial charge in [0.25, 0.3) is 0 Å².